The number of carbonyl (C=O) groups is 2. The topological polar surface area (TPSA) is 62.6 Å². The van der Waals surface area contributed by atoms with Crippen molar-refractivity contribution >= 4 is 11.8 Å². The van der Waals surface area contributed by atoms with Gasteiger partial charge in [-0.25, -0.2) is 0 Å². The largest absolute Gasteiger partial charge is 0.469 e. The number of hydrogen-bond donors (Lipinski definition) is 1. The van der Waals surface area contributed by atoms with Crippen molar-refractivity contribution in [3.05, 3.63) is 24.2 Å². The second-order valence-electron chi connectivity index (χ2n) is 5.39. The highest BCUT2D eigenvalue weighted by Gasteiger charge is 2.36. The van der Waals surface area contributed by atoms with E-state index in [-0.39, 0.29) is 30.3 Å². The standard InChI is InChI=1S/C14H20N2O3/c1-9(2)13-14(18)16(8-12(17)15-13)10(3)7-11-5-4-6-19-11/h4-6,9-10,13H,7-8H2,1-3H3,(H,15,17). The van der Waals surface area contributed by atoms with Gasteiger partial charge in [-0.2, -0.15) is 0 Å². The lowest BCUT2D eigenvalue weighted by molar-refractivity contribution is -0.147. The zero-order valence-corrected chi connectivity index (χ0v) is 11.6. The van der Waals surface area contributed by atoms with Gasteiger partial charge in [0.15, 0.2) is 0 Å². The number of rotatable bonds is 4. The average Bonchev–Trinajstić information content (AvgIpc) is 2.84. The number of carbonyl (C=O) groups excluding carboxylic acids is 2. The van der Waals surface area contributed by atoms with Crippen molar-refractivity contribution in [3.8, 4) is 0 Å². The van der Waals surface area contributed by atoms with Crippen LogP contribution in [0.15, 0.2) is 22.8 Å². The predicted octanol–water partition coefficient (Wildman–Crippen LogP) is 1.19. The predicted molar refractivity (Wildman–Crippen MR) is 70.4 cm³/mol. The molecule has 2 amide bonds. The Hall–Kier alpha value is -1.78. The summed E-state index contributed by atoms with van der Waals surface area (Å²) < 4.78 is 5.29. The summed E-state index contributed by atoms with van der Waals surface area (Å²) in [7, 11) is 0. The molecule has 2 unspecified atom stereocenters. The van der Waals surface area contributed by atoms with Gasteiger partial charge in [0, 0.05) is 12.5 Å². The summed E-state index contributed by atoms with van der Waals surface area (Å²) >= 11 is 0. The van der Waals surface area contributed by atoms with E-state index in [0.717, 1.165) is 5.76 Å². The fourth-order valence-electron chi connectivity index (χ4n) is 2.35. The fourth-order valence-corrected chi connectivity index (χ4v) is 2.35. The van der Waals surface area contributed by atoms with E-state index < -0.39 is 6.04 Å². The highest BCUT2D eigenvalue weighted by atomic mass is 16.3. The number of furan rings is 1. The Balaban J connectivity index is 2.09. The van der Waals surface area contributed by atoms with Gasteiger partial charge in [-0.05, 0) is 25.0 Å². The maximum absolute atomic E-state index is 12.4. The van der Waals surface area contributed by atoms with Gasteiger partial charge in [-0.1, -0.05) is 13.8 Å². The summed E-state index contributed by atoms with van der Waals surface area (Å²) in [6.07, 6.45) is 2.24. The van der Waals surface area contributed by atoms with E-state index in [1.165, 1.54) is 0 Å². The van der Waals surface area contributed by atoms with E-state index in [0.29, 0.717) is 6.42 Å². The maximum Gasteiger partial charge on any atom is 0.246 e. The lowest BCUT2D eigenvalue weighted by Crippen LogP contribution is -2.62. The van der Waals surface area contributed by atoms with Gasteiger partial charge in [-0.15, -0.1) is 0 Å². The first-order valence-corrected chi connectivity index (χ1v) is 6.61. The highest BCUT2D eigenvalue weighted by molar-refractivity contribution is 5.95. The molecular weight excluding hydrogens is 244 g/mol. The first-order valence-electron chi connectivity index (χ1n) is 6.61. The quantitative estimate of drug-likeness (QED) is 0.888. The molecule has 0 radical (unpaired) electrons. The van der Waals surface area contributed by atoms with Crippen LogP contribution >= 0.6 is 0 Å². The van der Waals surface area contributed by atoms with Gasteiger partial charge >= 0.3 is 0 Å². The van der Waals surface area contributed by atoms with Crippen molar-refractivity contribution in [3.63, 3.8) is 0 Å². The van der Waals surface area contributed by atoms with Crippen LogP contribution in [-0.4, -0.2) is 35.3 Å². The third-order valence-corrected chi connectivity index (χ3v) is 3.45. The molecule has 1 aromatic rings. The molecule has 19 heavy (non-hydrogen) atoms. The van der Waals surface area contributed by atoms with Gasteiger partial charge in [-0.3, -0.25) is 9.59 Å². The summed E-state index contributed by atoms with van der Waals surface area (Å²) in [5.74, 6) is 0.820. The van der Waals surface area contributed by atoms with Crippen LogP contribution in [0.2, 0.25) is 0 Å². The van der Waals surface area contributed by atoms with Gasteiger partial charge in [0.05, 0.1) is 12.8 Å². The molecule has 2 atom stereocenters. The zero-order chi connectivity index (χ0) is 14.0. The van der Waals surface area contributed by atoms with Crippen LogP contribution < -0.4 is 5.32 Å². The molecule has 1 saturated heterocycles. The van der Waals surface area contributed by atoms with Crippen molar-refractivity contribution in [1.29, 1.82) is 0 Å². The number of nitrogens with zero attached hydrogens (tertiary/aromatic N) is 1. The summed E-state index contributed by atoms with van der Waals surface area (Å²) in [6, 6.07) is 3.24. The molecule has 2 heterocycles. The molecule has 104 valence electrons. The van der Waals surface area contributed by atoms with E-state index in [9.17, 15) is 9.59 Å². The summed E-state index contributed by atoms with van der Waals surface area (Å²) in [4.78, 5) is 25.7. The normalized spacial score (nSPS) is 21.7. The van der Waals surface area contributed by atoms with Crippen LogP contribution in [0.5, 0.6) is 0 Å². The molecule has 1 fully saturated rings. The molecule has 1 aliphatic rings. The first kappa shape index (κ1) is 13.6. The third kappa shape index (κ3) is 2.97. The van der Waals surface area contributed by atoms with Crippen LogP contribution in [-0.2, 0) is 16.0 Å². The Morgan fingerprint density at radius 2 is 2.16 bits per heavy atom. The summed E-state index contributed by atoms with van der Waals surface area (Å²) in [5.41, 5.74) is 0. The molecule has 5 heteroatoms. The van der Waals surface area contributed by atoms with Crippen molar-refractivity contribution < 1.29 is 14.0 Å². The molecular formula is C14H20N2O3. The summed E-state index contributed by atoms with van der Waals surface area (Å²) in [5, 5.41) is 2.76. The molecule has 0 aromatic carbocycles. The Bertz CT molecular complexity index is 453. The number of amides is 2. The summed E-state index contributed by atoms with van der Waals surface area (Å²) in [6.45, 7) is 5.94. The van der Waals surface area contributed by atoms with E-state index in [1.807, 2.05) is 32.9 Å². The van der Waals surface area contributed by atoms with Crippen LogP contribution in [0.4, 0.5) is 0 Å². The van der Waals surface area contributed by atoms with E-state index in [1.54, 1.807) is 11.2 Å². The van der Waals surface area contributed by atoms with Crippen molar-refractivity contribution in [2.45, 2.75) is 39.3 Å². The third-order valence-electron chi connectivity index (χ3n) is 3.45. The van der Waals surface area contributed by atoms with Crippen molar-refractivity contribution in [1.82, 2.24) is 10.2 Å². The Kier molecular flexibility index (Phi) is 3.93. The minimum absolute atomic E-state index is 0.00587. The van der Waals surface area contributed by atoms with Gasteiger partial charge < -0.3 is 14.6 Å². The van der Waals surface area contributed by atoms with Gasteiger partial charge in [0.25, 0.3) is 0 Å². The van der Waals surface area contributed by atoms with E-state index >= 15 is 0 Å². The van der Waals surface area contributed by atoms with Crippen LogP contribution in [0.1, 0.15) is 26.5 Å². The maximum atomic E-state index is 12.4. The second-order valence-corrected chi connectivity index (χ2v) is 5.39. The molecule has 0 spiro atoms. The van der Waals surface area contributed by atoms with Crippen LogP contribution in [0, 0.1) is 5.92 Å². The Morgan fingerprint density at radius 3 is 2.74 bits per heavy atom. The zero-order valence-electron chi connectivity index (χ0n) is 11.6. The smallest absolute Gasteiger partial charge is 0.246 e. The van der Waals surface area contributed by atoms with Gasteiger partial charge in [0.1, 0.15) is 11.8 Å². The molecule has 1 N–H and O–H groups in total. The Labute approximate surface area is 113 Å². The minimum Gasteiger partial charge on any atom is -0.469 e. The molecule has 0 saturated carbocycles. The highest BCUT2D eigenvalue weighted by Crippen LogP contribution is 2.16. The Morgan fingerprint density at radius 1 is 1.42 bits per heavy atom. The van der Waals surface area contributed by atoms with Crippen molar-refractivity contribution in [2.75, 3.05) is 6.54 Å². The average molecular weight is 264 g/mol. The van der Waals surface area contributed by atoms with E-state index in [2.05, 4.69) is 5.32 Å². The van der Waals surface area contributed by atoms with Crippen LogP contribution in [0.25, 0.3) is 0 Å². The number of nitrogens with one attached hydrogen (secondary N) is 1. The first-order chi connectivity index (χ1) is 8.99. The lowest BCUT2D eigenvalue weighted by Gasteiger charge is -2.37. The lowest BCUT2D eigenvalue weighted by atomic mass is 9.99. The fraction of sp³-hybridized carbons (Fsp3) is 0.571. The molecule has 0 bridgehead atoms. The second kappa shape index (κ2) is 5.47. The molecule has 1 aliphatic heterocycles. The van der Waals surface area contributed by atoms with Crippen LogP contribution in [0.3, 0.4) is 0 Å². The molecule has 2 rings (SSSR count). The number of piperazine rings is 1. The monoisotopic (exact) mass is 264 g/mol. The van der Waals surface area contributed by atoms with Gasteiger partial charge in [0.2, 0.25) is 11.8 Å². The SMILES string of the molecule is CC(C)C1NC(=O)CN(C(C)Cc2ccco2)C1=O. The van der Waals surface area contributed by atoms with Crippen molar-refractivity contribution in [2.24, 2.45) is 5.92 Å². The van der Waals surface area contributed by atoms with E-state index in [4.69, 9.17) is 4.42 Å². The number of hydrogen-bond acceptors (Lipinski definition) is 3. The molecule has 0 aliphatic carbocycles. The minimum atomic E-state index is -0.416. The molecule has 1 aromatic heterocycles. The molecule has 5 nitrogen and oxygen atoms in total.